The fourth-order valence-corrected chi connectivity index (χ4v) is 6.76. The first-order chi connectivity index (χ1) is 21.6. The molecule has 0 aliphatic rings. The van der Waals surface area contributed by atoms with Gasteiger partial charge in [0, 0.05) is 23.3 Å². The van der Waals surface area contributed by atoms with Crippen molar-refractivity contribution < 1.29 is 18.3 Å². The number of carboxylic acids is 1. The van der Waals surface area contributed by atoms with E-state index in [1.165, 1.54) is 0 Å². The molecule has 9 heteroatoms. The number of aryl methyl sites for hydroxylation is 1. The van der Waals surface area contributed by atoms with Gasteiger partial charge in [0.15, 0.2) is 9.84 Å². The molecule has 5 aromatic rings. The van der Waals surface area contributed by atoms with Crippen LogP contribution >= 0.6 is 23.2 Å². The van der Waals surface area contributed by atoms with Crippen molar-refractivity contribution in [1.29, 1.82) is 0 Å². The summed E-state index contributed by atoms with van der Waals surface area (Å²) in [6.07, 6.45) is 8.80. The third-order valence-electron chi connectivity index (χ3n) is 7.43. The predicted molar refractivity (Wildman–Crippen MR) is 182 cm³/mol. The molecule has 230 valence electrons. The lowest BCUT2D eigenvalue weighted by molar-refractivity contribution is 0.0697. The maximum Gasteiger partial charge on any atom is 0.335 e. The minimum absolute atomic E-state index is 0.0818. The van der Waals surface area contributed by atoms with E-state index in [0.29, 0.717) is 38.6 Å². The van der Waals surface area contributed by atoms with Crippen LogP contribution in [0.25, 0.3) is 23.4 Å². The lowest BCUT2D eigenvalue weighted by Gasteiger charge is -2.07. The zero-order valence-corrected chi connectivity index (χ0v) is 27.0. The summed E-state index contributed by atoms with van der Waals surface area (Å²) in [6.45, 7) is 2.59. The molecular weight excluding hydrogens is 627 g/mol. The fraction of sp³-hybridized carbons (Fsp3) is 0.167. The highest BCUT2D eigenvalue weighted by Crippen LogP contribution is 2.30. The van der Waals surface area contributed by atoms with Crippen LogP contribution in [0.4, 0.5) is 0 Å². The van der Waals surface area contributed by atoms with E-state index in [1.54, 1.807) is 48.5 Å². The van der Waals surface area contributed by atoms with Gasteiger partial charge in [-0.2, -0.15) is 0 Å². The van der Waals surface area contributed by atoms with E-state index in [2.05, 4.69) is 6.92 Å². The number of rotatable bonds is 12. The highest BCUT2D eigenvalue weighted by molar-refractivity contribution is 7.90. The first kappa shape index (κ1) is 32.2. The number of benzene rings is 4. The molecule has 0 atom stereocenters. The molecule has 0 aliphatic carbocycles. The molecule has 45 heavy (non-hydrogen) atoms. The Morgan fingerprint density at radius 1 is 0.867 bits per heavy atom. The van der Waals surface area contributed by atoms with Crippen molar-refractivity contribution in [3.63, 3.8) is 0 Å². The number of carboxylic acid groups (broad SMARTS) is 1. The fourth-order valence-electron chi connectivity index (χ4n) is 4.91. The van der Waals surface area contributed by atoms with E-state index >= 15 is 0 Å². The summed E-state index contributed by atoms with van der Waals surface area (Å²) < 4.78 is 28.1. The molecule has 6 nitrogen and oxygen atoms in total. The van der Waals surface area contributed by atoms with Gasteiger partial charge in [-0.3, -0.25) is 0 Å². The molecule has 0 radical (unpaired) electrons. The zero-order chi connectivity index (χ0) is 32.0. The summed E-state index contributed by atoms with van der Waals surface area (Å²) >= 11 is 12.6. The number of unbranched alkanes of at least 4 members (excludes halogenated alkanes) is 1. The van der Waals surface area contributed by atoms with Gasteiger partial charge in [-0.15, -0.1) is 0 Å². The number of carbonyl (C=O) groups is 1. The van der Waals surface area contributed by atoms with E-state index in [-0.39, 0.29) is 11.3 Å². The zero-order valence-electron chi connectivity index (χ0n) is 24.7. The average molecular weight is 660 g/mol. The SMILES string of the molecule is CCCCc1ccc(S(=O)(=O)Cc2ccc(/C=C/c3nc(-c4ccc(Cl)cc4Cl)cn3Cc3ccc(C(=O)O)cc3)cc2)cc1. The molecule has 0 amide bonds. The molecule has 1 N–H and O–H groups in total. The van der Waals surface area contributed by atoms with Crippen molar-refractivity contribution in [2.75, 3.05) is 0 Å². The number of hydrogen-bond donors (Lipinski definition) is 1. The molecule has 0 saturated carbocycles. The molecule has 0 bridgehead atoms. The van der Waals surface area contributed by atoms with Gasteiger partial charge in [-0.05, 0) is 83.6 Å². The van der Waals surface area contributed by atoms with Crippen LogP contribution in [0.15, 0.2) is 102 Å². The molecule has 0 spiro atoms. The second kappa shape index (κ2) is 14.3. The monoisotopic (exact) mass is 658 g/mol. The van der Waals surface area contributed by atoms with E-state index in [1.807, 2.05) is 65.4 Å². The van der Waals surface area contributed by atoms with Crippen molar-refractivity contribution >= 4 is 51.2 Å². The van der Waals surface area contributed by atoms with Gasteiger partial charge in [-0.1, -0.05) is 91.2 Å². The summed E-state index contributed by atoms with van der Waals surface area (Å²) in [4.78, 5) is 16.4. The molecule has 1 aromatic heterocycles. The molecule has 0 fully saturated rings. The Kier molecular flexibility index (Phi) is 10.2. The van der Waals surface area contributed by atoms with Gasteiger partial charge in [-0.25, -0.2) is 18.2 Å². The number of halogens is 2. The summed E-state index contributed by atoms with van der Waals surface area (Å²) in [5.74, 6) is -0.401. The van der Waals surface area contributed by atoms with Gasteiger partial charge in [0.05, 0.1) is 26.9 Å². The Bertz CT molecular complexity index is 1930. The largest absolute Gasteiger partial charge is 0.478 e. The minimum atomic E-state index is -3.47. The second-order valence-electron chi connectivity index (χ2n) is 10.8. The Hall–Kier alpha value is -4.17. The van der Waals surface area contributed by atoms with Crippen molar-refractivity contribution in [1.82, 2.24) is 9.55 Å². The van der Waals surface area contributed by atoms with Gasteiger partial charge in [0.1, 0.15) is 5.82 Å². The normalized spacial score (nSPS) is 11.7. The Morgan fingerprint density at radius 3 is 2.18 bits per heavy atom. The maximum atomic E-state index is 13.1. The third kappa shape index (κ3) is 8.31. The summed E-state index contributed by atoms with van der Waals surface area (Å²) in [6, 6.07) is 26.6. The molecule has 4 aromatic carbocycles. The van der Waals surface area contributed by atoms with E-state index in [0.717, 1.165) is 41.5 Å². The Morgan fingerprint density at radius 2 is 1.53 bits per heavy atom. The molecular formula is C36H32Cl2N2O4S. The van der Waals surface area contributed by atoms with Crippen LogP contribution in [0.1, 0.15) is 58.2 Å². The topological polar surface area (TPSA) is 89.3 Å². The van der Waals surface area contributed by atoms with Crippen LogP contribution in [0.3, 0.4) is 0 Å². The highest BCUT2D eigenvalue weighted by atomic mass is 35.5. The maximum absolute atomic E-state index is 13.1. The minimum Gasteiger partial charge on any atom is -0.478 e. The van der Waals surface area contributed by atoms with Gasteiger partial charge < -0.3 is 9.67 Å². The highest BCUT2D eigenvalue weighted by Gasteiger charge is 2.16. The second-order valence-corrected chi connectivity index (χ2v) is 13.7. The van der Waals surface area contributed by atoms with Crippen molar-refractivity contribution in [2.45, 2.75) is 43.4 Å². The van der Waals surface area contributed by atoms with Crippen LogP contribution in [-0.2, 0) is 28.6 Å². The number of hydrogen-bond acceptors (Lipinski definition) is 4. The molecule has 0 aliphatic heterocycles. The van der Waals surface area contributed by atoms with Crippen LogP contribution < -0.4 is 0 Å². The number of aromatic carboxylic acids is 1. The summed E-state index contributed by atoms with van der Waals surface area (Å²) in [5.41, 5.74) is 5.24. The quantitative estimate of drug-likeness (QED) is 0.144. The number of imidazole rings is 1. The summed E-state index contributed by atoms with van der Waals surface area (Å²) in [7, 11) is -3.47. The Balaban J connectivity index is 1.35. The number of sulfone groups is 1. The third-order valence-corrected chi connectivity index (χ3v) is 9.68. The molecule has 1 heterocycles. The lowest BCUT2D eigenvalue weighted by Crippen LogP contribution is -2.05. The van der Waals surface area contributed by atoms with E-state index < -0.39 is 15.8 Å². The first-order valence-electron chi connectivity index (χ1n) is 14.5. The number of aromatic nitrogens is 2. The molecule has 5 rings (SSSR count). The van der Waals surface area contributed by atoms with E-state index in [4.69, 9.17) is 28.2 Å². The smallest absolute Gasteiger partial charge is 0.335 e. The van der Waals surface area contributed by atoms with Crippen LogP contribution in [0, 0.1) is 0 Å². The van der Waals surface area contributed by atoms with Crippen LogP contribution in [0.5, 0.6) is 0 Å². The van der Waals surface area contributed by atoms with Gasteiger partial charge in [0.25, 0.3) is 0 Å². The van der Waals surface area contributed by atoms with Crippen molar-refractivity contribution in [3.8, 4) is 11.3 Å². The molecule has 0 unspecified atom stereocenters. The first-order valence-corrected chi connectivity index (χ1v) is 17.0. The molecule has 0 saturated heterocycles. The number of nitrogens with zero attached hydrogens (tertiary/aromatic N) is 2. The predicted octanol–water partition coefficient (Wildman–Crippen LogP) is 9.09. The van der Waals surface area contributed by atoms with Gasteiger partial charge in [0.2, 0.25) is 0 Å². The Labute approximate surface area is 273 Å². The van der Waals surface area contributed by atoms with Crippen LogP contribution in [0.2, 0.25) is 10.0 Å². The lowest BCUT2D eigenvalue weighted by atomic mass is 10.1. The van der Waals surface area contributed by atoms with Crippen molar-refractivity contribution in [2.24, 2.45) is 0 Å². The average Bonchev–Trinajstić information content (AvgIpc) is 3.41. The van der Waals surface area contributed by atoms with Gasteiger partial charge >= 0.3 is 5.97 Å². The van der Waals surface area contributed by atoms with Crippen molar-refractivity contribution in [3.05, 3.63) is 141 Å². The standard InChI is InChI=1S/C36H32Cl2N2O4S/c1-2-3-4-25-11-17-31(18-12-25)45(43,44)24-28-7-5-26(6-8-28)13-20-35-39-34(32-19-16-30(37)21-33(32)38)23-40(35)22-27-9-14-29(15-10-27)36(41)42/h5-21,23H,2-4,22,24H2,1H3,(H,41,42)/b20-13+. The summed E-state index contributed by atoms with van der Waals surface area (Å²) in [5, 5.41) is 10.2. The van der Waals surface area contributed by atoms with Crippen LogP contribution in [-0.4, -0.2) is 29.0 Å². The van der Waals surface area contributed by atoms with E-state index in [9.17, 15) is 18.3 Å².